The normalized spacial score (nSPS) is 18.4. The van der Waals surface area contributed by atoms with Gasteiger partial charge in [-0.1, -0.05) is 43.3 Å². The SMILES string of the molecule is C=CC(C)C(=O)NC1CCN(Cc2ccccc2)CC1. The molecule has 1 aliphatic heterocycles. The van der Waals surface area contributed by atoms with Gasteiger partial charge >= 0.3 is 0 Å². The van der Waals surface area contributed by atoms with E-state index in [9.17, 15) is 4.79 Å². The molecule has 1 fully saturated rings. The van der Waals surface area contributed by atoms with Crippen molar-refractivity contribution in [3.63, 3.8) is 0 Å². The lowest BCUT2D eigenvalue weighted by Crippen LogP contribution is -2.45. The summed E-state index contributed by atoms with van der Waals surface area (Å²) in [7, 11) is 0. The summed E-state index contributed by atoms with van der Waals surface area (Å²) >= 11 is 0. The van der Waals surface area contributed by atoms with Gasteiger partial charge in [-0.25, -0.2) is 0 Å². The molecule has 1 saturated heterocycles. The van der Waals surface area contributed by atoms with Gasteiger partial charge in [0, 0.05) is 25.7 Å². The summed E-state index contributed by atoms with van der Waals surface area (Å²) < 4.78 is 0. The number of benzene rings is 1. The first kappa shape index (κ1) is 14.8. The molecule has 1 N–H and O–H groups in total. The fourth-order valence-corrected chi connectivity index (χ4v) is 2.52. The third-order valence-corrected chi connectivity index (χ3v) is 3.95. The second-order valence-electron chi connectivity index (χ2n) is 5.57. The Morgan fingerprint density at radius 2 is 2.05 bits per heavy atom. The van der Waals surface area contributed by atoms with Crippen LogP contribution in [0.1, 0.15) is 25.3 Å². The van der Waals surface area contributed by atoms with Gasteiger partial charge in [0.05, 0.1) is 5.92 Å². The predicted octanol–water partition coefficient (Wildman–Crippen LogP) is 2.59. The Bertz CT molecular complexity index is 436. The van der Waals surface area contributed by atoms with Crippen molar-refractivity contribution in [1.29, 1.82) is 0 Å². The topological polar surface area (TPSA) is 32.3 Å². The molecule has 0 saturated carbocycles. The van der Waals surface area contributed by atoms with E-state index >= 15 is 0 Å². The molecule has 0 radical (unpaired) electrons. The van der Waals surface area contributed by atoms with Crippen LogP contribution in [-0.4, -0.2) is 29.9 Å². The summed E-state index contributed by atoms with van der Waals surface area (Å²) in [5.74, 6) is -0.00106. The number of piperidine rings is 1. The van der Waals surface area contributed by atoms with Gasteiger partial charge in [0.25, 0.3) is 0 Å². The third kappa shape index (κ3) is 4.20. The van der Waals surface area contributed by atoms with E-state index in [0.29, 0.717) is 6.04 Å². The first-order valence-electron chi connectivity index (χ1n) is 7.38. The second kappa shape index (κ2) is 7.25. The minimum Gasteiger partial charge on any atom is -0.353 e. The minimum atomic E-state index is -0.0997. The molecule has 1 unspecified atom stereocenters. The zero-order valence-corrected chi connectivity index (χ0v) is 12.2. The van der Waals surface area contributed by atoms with Gasteiger partial charge in [-0.2, -0.15) is 0 Å². The van der Waals surface area contributed by atoms with Crippen LogP contribution in [0.5, 0.6) is 0 Å². The fourth-order valence-electron chi connectivity index (χ4n) is 2.52. The van der Waals surface area contributed by atoms with Gasteiger partial charge in [-0.3, -0.25) is 9.69 Å². The number of likely N-dealkylation sites (tertiary alicyclic amines) is 1. The first-order valence-corrected chi connectivity index (χ1v) is 7.38. The monoisotopic (exact) mass is 272 g/mol. The number of hydrogen-bond acceptors (Lipinski definition) is 2. The van der Waals surface area contributed by atoms with Gasteiger partial charge in [-0.05, 0) is 18.4 Å². The molecule has 3 heteroatoms. The average Bonchev–Trinajstić information content (AvgIpc) is 2.49. The molecule has 1 aromatic rings. The lowest BCUT2D eigenvalue weighted by molar-refractivity contribution is -0.124. The third-order valence-electron chi connectivity index (χ3n) is 3.95. The number of carbonyl (C=O) groups is 1. The van der Waals surface area contributed by atoms with E-state index in [1.54, 1.807) is 6.08 Å². The molecule has 20 heavy (non-hydrogen) atoms. The molecular weight excluding hydrogens is 248 g/mol. The predicted molar refractivity (Wildman–Crippen MR) is 82.2 cm³/mol. The molecule has 1 aromatic carbocycles. The van der Waals surface area contributed by atoms with Crippen LogP contribution in [0.3, 0.4) is 0 Å². The van der Waals surface area contributed by atoms with Crippen LogP contribution in [0.15, 0.2) is 43.0 Å². The molecule has 1 amide bonds. The van der Waals surface area contributed by atoms with Crippen molar-refractivity contribution < 1.29 is 4.79 Å². The van der Waals surface area contributed by atoms with Crippen LogP contribution in [0.25, 0.3) is 0 Å². The summed E-state index contributed by atoms with van der Waals surface area (Å²) in [6.45, 7) is 8.64. The highest BCUT2D eigenvalue weighted by molar-refractivity contribution is 5.80. The Morgan fingerprint density at radius 3 is 2.65 bits per heavy atom. The van der Waals surface area contributed by atoms with Gasteiger partial charge in [0.1, 0.15) is 0 Å². The van der Waals surface area contributed by atoms with Gasteiger partial charge in [0.2, 0.25) is 5.91 Å². The van der Waals surface area contributed by atoms with Crippen LogP contribution in [0.2, 0.25) is 0 Å². The summed E-state index contributed by atoms with van der Waals surface area (Å²) in [5, 5.41) is 3.12. The number of nitrogens with zero attached hydrogens (tertiary/aromatic N) is 1. The van der Waals surface area contributed by atoms with E-state index in [1.807, 2.05) is 13.0 Å². The van der Waals surface area contributed by atoms with Crippen LogP contribution < -0.4 is 5.32 Å². The lowest BCUT2D eigenvalue weighted by atomic mass is 10.0. The zero-order chi connectivity index (χ0) is 14.4. The Morgan fingerprint density at radius 1 is 1.40 bits per heavy atom. The summed E-state index contributed by atoms with van der Waals surface area (Å²) in [5.41, 5.74) is 1.36. The second-order valence-corrected chi connectivity index (χ2v) is 5.57. The van der Waals surface area contributed by atoms with E-state index in [0.717, 1.165) is 32.5 Å². The van der Waals surface area contributed by atoms with E-state index in [1.165, 1.54) is 5.56 Å². The number of nitrogens with one attached hydrogen (secondary N) is 1. The molecule has 2 rings (SSSR count). The van der Waals surface area contributed by atoms with E-state index in [-0.39, 0.29) is 11.8 Å². The van der Waals surface area contributed by atoms with Crippen LogP contribution in [-0.2, 0) is 11.3 Å². The molecule has 3 nitrogen and oxygen atoms in total. The Hall–Kier alpha value is -1.61. The highest BCUT2D eigenvalue weighted by Crippen LogP contribution is 2.14. The van der Waals surface area contributed by atoms with Crippen LogP contribution in [0, 0.1) is 5.92 Å². The molecule has 0 aromatic heterocycles. The molecule has 1 aliphatic rings. The van der Waals surface area contributed by atoms with Gasteiger partial charge in [-0.15, -0.1) is 6.58 Å². The lowest BCUT2D eigenvalue weighted by Gasteiger charge is -2.32. The molecule has 108 valence electrons. The van der Waals surface area contributed by atoms with Gasteiger partial charge < -0.3 is 5.32 Å². The van der Waals surface area contributed by atoms with Crippen LogP contribution >= 0.6 is 0 Å². The number of rotatable bonds is 5. The number of hydrogen-bond donors (Lipinski definition) is 1. The molecule has 1 atom stereocenters. The van der Waals surface area contributed by atoms with Crippen molar-refractivity contribution in [3.05, 3.63) is 48.6 Å². The van der Waals surface area contributed by atoms with Crippen molar-refractivity contribution >= 4 is 5.91 Å². The standard InChI is InChI=1S/C17H24N2O/c1-3-14(2)17(20)18-16-9-11-19(12-10-16)13-15-7-5-4-6-8-15/h3-8,14,16H,1,9-13H2,2H3,(H,18,20). The van der Waals surface area contributed by atoms with Crippen molar-refractivity contribution in [1.82, 2.24) is 10.2 Å². The van der Waals surface area contributed by atoms with Crippen LogP contribution in [0.4, 0.5) is 0 Å². The van der Waals surface area contributed by atoms with Crippen molar-refractivity contribution in [2.24, 2.45) is 5.92 Å². The fraction of sp³-hybridized carbons (Fsp3) is 0.471. The Balaban J connectivity index is 1.75. The maximum absolute atomic E-state index is 11.8. The molecule has 1 heterocycles. The number of amides is 1. The maximum Gasteiger partial charge on any atom is 0.226 e. The molecule has 0 spiro atoms. The van der Waals surface area contributed by atoms with Crippen molar-refractivity contribution in [3.8, 4) is 0 Å². The smallest absolute Gasteiger partial charge is 0.226 e. The Kier molecular flexibility index (Phi) is 5.36. The zero-order valence-electron chi connectivity index (χ0n) is 12.2. The minimum absolute atomic E-state index is 0.0986. The Labute approximate surface area is 121 Å². The van der Waals surface area contributed by atoms with E-state index in [2.05, 4.69) is 41.1 Å². The van der Waals surface area contributed by atoms with Crippen molar-refractivity contribution in [2.45, 2.75) is 32.4 Å². The maximum atomic E-state index is 11.8. The molecular formula is C17H24N2O. The number of carbonyl (C=O) groups excluding carboxylic acids is 1. The summed E-state index contributed by atoms with van der Waals surface area (Å²) in [6, 6.07) is 10.9. The summed E-state index contributed by atoms with van der Waals surface area (Å²) in [4.78, 5) is 14.3. The van der Waals surface area contributed by atoms with Crippen molar-refractivity contribution in [2.75, 3.05) is 13.1 Å². The molecule has 0 bridgehead atoms. The average molecular weight is 272 g/mol. The van der Waals surface area contributed by atoms with Gasteiger partial charge in [0.15, 0.2) is 0 Å². The quantitative estimate of drug-likeness (QED) is 0.836. The highest BCUT2D eigenvalue weighted by atomic mass is 16.1. The highest BCUT2D eigenvalue weighted by Gasteiger charge is 2.21. The van der Waals surface area contributed by atoms with E-state index < -0.39 is 0 Å². The largest absolute Gasteiger partial charge is 0.353 e. The summed E-state index contributed by atoms with van der Waals surface area (Å²) in [6.07, 6.45) is 3.75. The molecule has 0 aliphatic carbocycles. The van der Waals surface area contributed by atoms with E-state index in [4.69, 9.17) is 0 Å². The first-order chi connectivity index (χ1) is 9.69.